The molecule has 2 rings (SSSR count). The van der Waals surface area contributed by atoms with Crippen LogP contribution in [0.3, 0.4) is 0 Å². The SMILES string of the molecule is O=C(NC1(C(=O)O)CCSC1)c1cnccn1. The van der Waals surface area contributed by atoms with Crippen molar-refractivity contribution in [3.05, 3.63) is 24.3 Å². The van der Waals surface area contributed by atoms with Crippen molar-refractivity contribution in [3.8, 4) is 0 Å². The van der Waals surface area contributed by atoms with E-state index in [4.69, 9.17) is 0 Å². The number of aromatic nitrogens is 2. The molecule has 2 N–H and O–H groups in total. The molecule has 1 atom stereocenters. The maximum absolute atomic E-state index is 11.8. The molecule has 0 bridgehead atoms. The van der Waals surface area contributed by atoms with Crippen LogP contribution >= 0.6 is 11.8 Å². The number of amides is 1. The monoisotopic (exact) mass is 253 g/mol. The van der Waals surface area contributed by atoms with E-state index >= 15 is 0 Å². The maximum Gasteiger partial charge on any atom is 0.330 e. The van der Waals surface area contributed by atoms with Crippen molar-refractivity contribution in [1.29, 1.82) is 0 Å². The van der Waals surface area contributed by atoms with Gasteiger partial charge < -0.3 is 10.4 Å². The van der Waals surface area contributed by atoms with E-state index < -0.39 is 17.4 Å². The Morgan fingerprint density at radius 1 is 1.47 bits per heavy atom. The van der Waals surface area contributed by atoms with E-state index in [9.17, 15) is 14.7 Å². The molecule has 6 nitrogen and oxygen atoms in total. The van der Waals surface area contributed by atoms with E-state index in [1.807, 2.05) is 0 Å². The summed E-state index contributed by atoms with van der Waals surface area (Å²) in [5, 5.41) is 11.7. The molecule has 90 valence electrons. The topological polar surface area (TPSA) is 92.2 Å². The zero-order valence-corrected chi connectivity index (χ0v) is 9.74. The molecule has 1 aliphatic rings. The minimum atomic E-state index is -1.17. The molecule has 17 heavy (non-hydrogen) atoms. The highest BCUT2D eigenvalue weighted by atomic mass is 32.2. The number of carbonyl (C=O) groups excluding carboxylic acids is 1. The van der Waals surface area contributed by atoms with Gasteiger partial charge in [0.15, 0.2) is 0 Å². The second-order valence-electron chi connectivity index (χ2n) is 3.73. The lowest BCUT2D eigenvalue weighted by Gasteiger charge is -2.24. The Bertz CT molecular complexity index is 432. The van der Waals surface area contributed by atoms with Crippen LogP contribution in [-0.2, 0) is 4.79 Å². The number of carbonyl (C=O) groups is 2. The van der Waals surface area contributed by atoms with Crippen LogP contribution in [0.15, 0.2) is 18.6 Å². The Morgan fingerprint density at radius 2 is 2.29 bits per heavy atom. The van der Waals surface area contributed by atoms with E-state index in [1.54, 1.807) is 0 Å². The summed E-state index contributed by atoms with van der Waals surface area (Å²) in [5.74, 6) is -0.385. The smallest absolute Gasteiger partial charge is 0.330 e. The average molecular weight is 253 g/mol. The van der Waals surface area contributed by atoms with Gasteiger partial charge >= 0.3 is 5.97 Å². The highest BCUT2D eigenvalue weighted by molar-refractivity contribution is 7.99. The average Bonchev–Trinajstić information content (AvgIpc) is 2.80. The first-order chi connectivity index (χ1) is 8.14. The van der Waals surface area contributed by atoms with Crippen molar-refractivity contribution >= 4 is 23.6 Å². The normalized spacial score (nSPS) is 23.3. The summed E-state index contributed by atoms with van der Waals surface area (Å²) in [6.07, 6.45) is 4.59. The predicted octanol–water partition coefficient (Wildman–Crippen LogP) is 0.167. The number of aliphatic carboxylic acids is 1. The third-order valence-electron chi connectivity index (χ3n) is 2.58. The third-order valence-corrected chi connectivity index (χ3v) is 3.77. The largest absolute Gasteiger partial charge is 0.479 e. The summed E-state index contributed by atoms with van der Waals surface area (Å²) in [7, 11) is 0. The van der Waals surface area contributed by atoms with E-state index in [-0.39, 0.29) is 5.69 Å². The molecule has 1 aromatic heterocycles. The molecule has 1 saturated heterocycles. The minimum absolute atomic E-state index is 0.130. The van der Waals surface area contributed by atoms with Crippen LogP contribution in [0.1, 0.15) is 16.9 Å². The molecule has 0 spiro atoms. The van der Waals surface area contributed by atoms with Crippen molar-refractivity contribution < 1.29 is 14.7 Å². The molecular weight excluding hydrogens is 242 g/mol. The van der Waals surface area contributed by atoms with Gasteiger partial charge in [-0.05, 0) is 12.2 Å². The fourth-order valence-electron chi connectivity index (χ4n) is 1.58. The second-order valence-corrected chi connectivity index (χ2v) is 4.84. The number of hydrogen-bond donors (Lipinski definition) is 2. The number of hydrogen-bond acceptors (Lipinski definition) is 5. The van der Waals surface area contributed by atoms with E-state index in [1.165, 1.54) is 30.4 Å². The Kier molecular flexibility index (Phi) is 3.28. The Hall–Kier alpha value is -1.63. The van der Waals surface area contributed by atoms with Gasteiger partial charge in [-0.15, -0.1) is 0 Å². The highest BCUT2D eigenvalue weighted by Gasteiger charge is 2.43. The van der Waals surface area contributed by atoms with Crippen molar-refractivity contribution in [3.63, 3.8) is 0 Å². The summed E-state index contributed by atoms with van der Waals surface area (Å²) in [6, 6.07) is 0. The zero-order valence-electron chi connectivity index (χ0n) is 8.92. The first-order valence-corrected chi connectivity index (χ1v) is 6.19. The molecule has 1 aliphatic heterocycles. The van der Waals surface area contributed by atoms with Gasteiger partial charge in [-0.2, -0.15) is 11.8 Å². The zero-order chi connectivity index (χ0) is 12.3. The van der Waals surface area contributed by atoms with Gasteiger partial charge in [0, 0.05) is 18.1 Å². The van der Waals surface area contributed by atoms with Crippen molar-refractivity contribution in [2.45, 2.75) is 12.0 Å². The van der Waals surface area contributed by atoms with Gasteiger partial charge in [0.2, 0.25) is 0 Å². The van der Waals surface area contributed by atoms with Gasteiger partial charge in [-0.25, -0.2) is 9.78 Å². The van der Waals surface area contributed by atoms with Crippen LogP contribution in [0, 0.1) is 0 Å². The van der Waals surface area contributed by atoms with Crippen LogP contribution in [0.2, 0.25) is 0 Å². The Labute approximate surface area is 102 Å². The Morgan fingerprint density at radius 3 is 2.82 bits per heavy atom. The second kappa shape index (κ2) is 4.70. The fourth-order valence-corrected chi connectivity index (χ4v) is 2.91. The molecule has 1 unspecified atom stereocenters. The van der Waals surface area contributed by atoms with Crippen LogP contribution in [0.5, 0.6) is 0 Å². The summed E-state index contributed by atoms with van der Waals surface area (Å²) in [4.78, 5) is 30.7. The number of nitrogens with one attached hydrogen (secondary N) is 1. The molecule has 0 saturated carbocycles. The number of carboxylic acid groups (broad SMARTS) is 1. The van der Waals surface area contributed by atoms with Gasteiger partial charge in [0.1, 0.15) is 11.2 Å². The fraction of sp³-hybridized carbons (Fsp3) is 0.400. The van der Waals surface area contributed by atoms with Crippen LogP contribution in [-0.4, -0.2) is 44.0 Å². The molecule has 0 radical (unpaired) electrons. The molecule has 0 aliphatic carbocycles. The minimum Gasteiger partial charge on any atom is -0.479 e. The van der Waals surface area contributed by atoms with Crippen molar-refractivity contribution in [2.75, 3.05) is 11.5 Å². The first-order valence-electron chi connectivity index (χ1n) is 5.04. The summed E-state index contributed by atoms with van der Waals surface area (Å²) in [5.41, 5.74) is -1.04. The van der Waals surface area contributed by atoms with E-state index in [0.29, 0.717) is 12.2 Å². The molecule has 2 heterocycles. The molecule has 0 aromatic carbocycles. The van der Waals surface area contributed by atoms with Gasteiger partial charge in [0.25, 0.3) is 5.91 Å². The molecule has 7 heteroatoms. The third kappa shape index (κ3) is 2.38. The van der Waals surface area contributed by atoms with Gasteiger partial charge in [-0.1, -0.05) is 0 Å². The molecule has 1 aromatic rings. The summed E-state index contributed by atoms with van der Waals surface area (Å²) >= 11 is 1.51. The predicted molar refractivity (Wildman–Crippen MR) is 61.8 cm³/mol. The van der Waals surface area contributed by atoms with Crippen LogP contribution in [0.25, 0.3) is 0 Å². The Balaban J connectivity index is 2.15. The van der Waals surface area contributed by atoms with E-state index in [2.05, 4.69) is 15.3 Å². The number of thioether (sulfide) groups is 1. The highest BCUT2D eigenvalue weighted by Crippen LogP contribution is 2.28. The van der Waals surface area contributed by atoms with Gasteiger partial charge in [-0.3, -0.25) is 9.78 Å². The molecule has 1 amide bonds. The first kappa shape index (κ1) is 11.8. The van der Waals surface area contributed by atoms with Crippen LogP contribution < -0.4 is 5.32 Å². The lowest BCUT2D eigenvalue weighted by molar-refractivity contribution is -0.143. The lowest BCUT2D eigenvalue weighted by Crippen LogP contribution is -2.54. The van der Waals surface area contributed by atoms with E-state index in [0.717, 1.165) is 5.75 Å². The van der Waals surface area contributed by atoms with Crippen molar-refractivity contribution in [2.24, 2.45) is 0 Å². The van der Waals surface area contributed by atoms with Crippen LogP contribution in [0.4, 0.5) is 0 Å². The quantitative estimate of drug-likeness (QED) is 0.797. The lowest BCUT2D eigenvalue weighted by atomic mass is 9.99. The number of nitrogens with zero attached hydrogens (tertiary/aromatic N) is 2. The summed E-state index contributed by atoms with van der Waals surface area (Å²) in [6.45, 7) is 0. The summed E-state index contributed by atoms with van der Waals surface area (Å²) < 4.78 is 0. The standard InChI is InChI=1S/C10H11N3O3S/c14-8(7-5-11-2-3-12-7)13-10(9(15)16)1-4-17-6-10/h2-3,5H,1,4,6H2,(H,13,14)(H,15,16). The number of rotatable bonds is 3. The van der Waals surface area contributed by atoms with Gasteiger partial charge in [0.05, 0.1) is 6.20 Å². The van der Waals surface area contributed by atoms with Crippen molar-refractivity contribution in [1.82, 2.24) is 15.3 Å². The number of carboxylic acids is 1. The molecular formula is C10H11N3O3S. The maximum atomic E-state index is 11.8. The molecule has 1 fully saturated rings.